The molecule has 4 rings (SSSR count). The number of aryl methyl sites for hydroxylation is 2. The summed E-state index contributed by atoms with van der Waals surface area (Å²) in [5, 5.41) is 8.90. The minimum absolute atomic E-state index is 0.000898. The number of likely N-dealkylation sites (tertiary alicyclic amines) is 2. The van der Waals surface area contributed by atoms with Gasteiger partial charge in [-0.2, -0.15) is 5.10 Å². The summed E-state index contributed by atoms with van der Waals surface area (Å²) in [7, 11) is 1.93. The second-order valence-electron chi connectivity index (χ2n) is 8.88. The van der Waals surface area contributed by atoms with Crippen LogP contribution >= 0.6 is 0 Å². The molecule has 0 bridgehead atoms. The van der Waals surface area contributed by atoms with E-state index in [0.717, 1.165) is 73.1 Å². The van der Waals surface area contributed by atoms with Crippen LogP contribution in [-0.4, -0.2) is 56.8 Å². The van der Waals surface area contributed by atoms with E-state index in [4.69, 9.17) is 9.62 Å². The fourth-order valence-electron chi connectivity index (χ4n) is 4.61. The van der Waals surface area contributed by atoms with Gasteiger partial charge in [0.1, 0.15) is 0 Å². The predicted octanol–water partition coefficient (Wildman–Crippen LogP) is 3.48. The number of amides is 1. The predicted molar refractivity (Wildman–Crippen MR) is 111 cm³/mol. The van der Waals surface area contributed by atoms with Gasteiger partial charge < -0.3 is 9.42 Å². The lowest BCUT2D eigenvalue weighted by Crippen LogP contribution is -2.46. The normalized spacial score (nSPS) is 21.7. The second kappa shape index (κ2) is 8.30. The van der Waals surface area contributed by atoms with E-state index in [9.17, 15) is 4.79 Å². The minimum Gasteiger partial charge on any atom is -0.356 e. The fraction of sp³-hybridized carbons (Fsp3) is 0.682. The number of carbonyl (C=O) groups is 1. The van der Waals surface area contributed by atoms with Crippen molar-refractivity contribution in [3.8, 4) is 11.3 Å². The van der Waals surface area contributed by atoms with Crippen LogP contribution in [0.3, 0.4) is 0 Å². The number of hydrogen-bond acceptors (Lipinski definition) is 5. The Morgan fingerprint density at radius 1 is 1.17 bits per heavy atom. The third-order valence-electron chi connectivity index (χ3n) is 6.63. The molecule has 7 nitrogen and oxygen atoms in total. The molecule has 2 aromatic heterocycles. The third kappa shape index (κ3) is 4.10. The van der Waals surface area contributed by atoms with Gasteiger partial charge in [-0.15, -0.1) is 0 Å². The van der Waals surface area contributed by atoms with Crippen molar-refractivity contribution >= 4 is 5.91 Å². The van der Waals surface area contributed by atoms with E-state index in [1.165, 1.54) is 12.8 Å². The first-order valence-corrected chi connectivity index (χ1v) is 10.9. The Labute approximate surface area is 173 Å². The van der Waals surface area contributed by atoms with Crippen LogP contribution in [0.1, 0.15) is 62.0 Å². The molecule has 1 amide bonds. The Hall–Kier alpha value is -2.15. The number of aromatic nitrogens is 3. The van der Waals surface area contributed by atoms with E-state index < -0.39 is 0 Å². The Morgan fingerprint density at radius 3 is 2.62 bits per heavy atom. The van der Waals surface area contributed by atoms with Crippen molar-refractivity contribution in [2.75, 3.05) is 26.2 Å². The van der Waals surface area contributed by atoms with Crippen LogP contribution in [0.4, 0.5) is 0 Å². The molecule has 0 N–H and O–H groups in total. The van der Waals surface area contributed by atoms with Gasteiger partial charge in [0.15, 0.2) is 5.76 Å². The lowest BCUT2D eigenvalue weighted by molar-refractivity contribution is -0.136. The summed E-state index contributed by atoms with van der Waals surface area (Å²) in [6.07, 6.45) is 7.48. The molecule has 1 atom stereocenters. The largest absolute Gasteiger partial charge is 0.356 e. The molecule has 2 aliphatic heterocycles. The van der Waals surface area contributed by atoms with Crippen molar-refractivity contribution in [2.24, 2.45) is 13.0 Å². The molecule has 4 heterocycles. The number of carbonyl (C=O) groups excluding carboxylic acids is 1. The minimum atomic E-state index is 0.000898. The summed E-state index contributed by atoms with van der Waals surface area (Å²) >= 11 is 0. The standard InChI is InChI=1S/C22H33N5O2/c1-15-8-11-26(12-9-15)14-20(28)27-10-6-5-7-19(27)21-18(13-25(4)23-21)22-16(2)17(3)24-29-22/h13,15,19H,5-12,14H2,1-4H3/t19-/m1/s1. The number of rotatable bonds is 4. The van der Waals surface area contributed by atoms with Crippen molar-refractivity contribution < 1.29 is 9.32 Å². The Morgan fingerprint density at radius 2 is 1.93 bits per heavy atom. The molecular formula is C22H33N5O2. The highest BCUT2D eigenvalue weighted by molar-refractivity contribution is 5.79. The van der Waals surface area contributed by atoms with Gasteiger partial charge in [0, 0.05) is 25.4 Å². The van der Waals surface area contributed by atoms with Gasteiger partial charge in [-0.1, -0.05) is 12.1 Å². The lowest BCUT2D eigenvalue weighted by Gasteiger charge is -2.37. The summed E-state index contributed by atoms with van der Waals surface area (Å²) in [4.78, 5) is 17.6. The summed E-state index contributed by atoms with van der Waals surface area (Å²) in [5.74, 6) is 1.77. The average molecular weight is 400 g/mol. The highest BCUT2D eigenvalue weighted by Gasteiger charge is 2.34. The molecule has 2 saturated heterocycles. The highest BCUT2D eigenvalue weighted by atomic mass is 16.5. The maximum absolute atomic E-state index is 13.3. The van der Waals surface area contributed by atoms with Crippen LogP contribution in [-0.2, 0) is 11.8 Å². The van der Waals surface area contributed by atoms with Crippen molar-refractivity contribution in [3.63, 3.8) is 0 Å². The molecule has 2 fully saturated rings. The van der Waals surface area contributed by atoms with E-state index in [-0.39, 0.29) is 11.9 Å². The zero-order valence-corrected chi connectivity index (χ0v) is 18.1. The molecule has 0 saturated carbocycles. The zero-order valence-electron chi connectivity index (χ0n) is 18.1. The zero-order chi connectivity index (χ0) is 20.5. The lowest BCUT2D eigenvalue weighted by atomic mass is 9.95. The Bertz CT molecular complexity index is 863. The van der Waals surface area contributed by atoms with Gasteiger partial charge in [0.05, 0.1) is 29.5 Å². The van der Waals surface area contributed by atoms with Gasteiger partial charge in [-0.3, -0.25) is 14.4 Å². The van der Waals surface area contributed by atoms with E-state index in [1.54, 1.807) is 0 Å². The Kier molecular flexibility index (Phi) is 5.76. The topological polar surface area (TPSA) is 67.4 Å². The van der Waals surface area contributed by atoms with E-state index in [0.29, 0.717) is 6.54 Å². The van der Waals surface area contributed by atoms with Gasteiger partial charge >= 0.3 is 0 Å². The molecule has 2 aliphatic rings. The van der Waals surface area contributed by atoms with Crippen molar-refractivity contribution in [3.05, 3.63) is 23.1 Å². The quantitative estimate of drug-likeness (QED) is 0.787. The first-order chi connectivity index (χ1) is 13.9. The van der Waals surface area contributed by atoms with Crippen molar-refractivity contribution in [2.45, 2.75) is 58.9 Å². The van der Waals surface area contributed by atoms with Crippen LogP contribution in [0.15, 0.2) is 10.7 Å². The number of piperidine rings is 2. The fourth-order valence-corrected chi connectivity index (χ4v) is 4.61. The summed E-state index contributed by atoms with van der Waals surface area (Å²) < 4.78 is 7.46. The van der Waals surface area contributed by atoms with Crippen molar-refractivity contribution in [1.82, 2.24) is 24.7 Å². The van der Waals surface area contributed by atoms with Crippen molar-refractivity contribution in [1.29, 1.82) is 0 Å². The summed E-state index contributed by atoms with van der Waals surface area (Å²) in [6, 6.07) is 0.000898. The SMILES string of the molecule is Cc1noc(-c2cn(C)nc2[C@H]2CCCCN2C(=O)CN2CCC(C)CC2)c1C. The van der Waals surface area contributed by atoms with Gasteiger partial charge in [-0.25, -0.2) is 0 Å². The van der Waals surface area contributed by atoms with E-state index in [1.807, 2.05) is 31.8 Å². The van der Waals surface area contributed by atoms with Crippen LogP contribution < -0.4 is 0 Å². The monoisotopic (exact) mass is 399 g/mol. The Balaban J connectivity index is 1.58. The molecule has 0 aromatic carbocycles. The summed E-state index contributed by atoms with van der Waals surface area (Å²) in [6.45, 7) is 9.65. The van der Waals surface area contributed by atoms with Crippen LogP contribution in [0.5, 0.6) is 0 Å². The second-order valence-corrected chi connectivity index (χ2v) is 8.88. The van der Waals surface area contributed by atoms with Crippen LogP contribution in [0.2, 0.25) is 0 Å². The molecular weight excluding hydrogens is 366 g/mol. The average Bonchev–Trinajstić information content (AvgIpc) is 3.25. The first kappa shape index (κ1) is 20.1. The number of nitrogens with zero attached hydrogens (tertiary/aromatic N) is 5. The first-order valence-electron chi connectivity index (χ1n) is 10.9. The van der Waals surface area contributed by atoms with Crippen LogP contribution in [0.25, 0.3) is 11.3 Å². The molecule has 158 valence electrons. The van der Waals surface area contributed by atoms with Gasteiger partial charge in [-0.05, 0) is 65.0 Å². The third-order valence-corrected chi connectivity index (χ3v) is 6.63. The molecule has 0 spiro atoms. The molecule has 7 heteroatoms. The van der Waals surface area contributed by atoms with E-state index >= 15 is 0 Å². The molecule has 0 radical (unpaired) electrons. The van der Waals surface area contributed by atoms with Gasteiger partial charge in [0.25, 0.3) is 0 Å². The van der Waals surface area contributed by atoms with E-state index in [2.05, 4.69) is 21.9 Å². The molecule has 0 unspecified atom stereocenters. The summed E-state index contributed by atoms with van der Waals surface area (Å²) in [5.41, 5.74) is 3.83. The van der Waals surface area contributed by atoms with Gasteiger partial charge in [0.2, 0.25) is 5.91 Å². The molecule has 0 aliphatic carbocycles. The molecule has 2 aromatic rings. The highest BCUT2D eigenvalue weighted by Crippen LogP contribution is 2.37. The maximum Gasteiger partial charge on any atom is 0.237 e. The maximum atomic E-state index is 13.3. The molecule has 29 heavy (non-hydrogen) atoms. The van der Waals surface area contributed by atoms with Crippen LogP contribution in [0, 0.1) is 19.8 Å². The smallest absolute Gasteiger partial charge is 0.237 e. The number of hydrogen-bond donors (Lipinski definition) is 0.